The summed E-state index contributed by atoms with van der Waals surface area (Å²) in [6.07, 6.45) is 0. The van der Waals surface area contributed by atoms with E-state index in [2.05, 4.69) is 25.1 Å². The van der Waals surface area contributed by atoms with Gasteiger partial charge in [-0.3, -0.25) is 4.72 Å². The summed E-state index contributed by atoms with van der Waals surface area (Å²) in [6.45, 7) is 4.68. The molecule has 9 nitrogen and oxygen atoms in total. The lowest BCUT2D eigenvalue weighted by Gasteiger charge is -2.12. The van der Waals surface area contributed by atoms with Gasteiger partial charge in [0.05, 0.1) is 18.0 Å². The van der Waals surface area contributed by atoms with Gasteiger partial charge in [-0.15, -0.1) is 5.10 Å². The number of hydrogen-bond donors (Lipinski definition) is 2. The van der Waals surface area contributed by atoms with E-state index in [1.165, 1.54) is 4.52 Å². The summed E-state index contributed by atoms with van der Waals surface area (Å²) in [6, 6.07) is 8.80. The molecule has 0 atom stereocenters. The maximum Gasteiger partial charge on any atom is 0.299 e. The van der Waals surface area contributed by atoms with Gasteiger partial charge in [0, 0.05) is 25.0 Å². The number of nitrogens with one attached hydrogen (secondary N) is 2. The van der Waals surface area contributed by atoms with Crippen LogP contribution in [0.25, 0.3) is 5.78 Å². The van der Waals surface area contributed by atoms with Crippen LogP contribution < -0.4 is 10.0 Å². The maximum absolute atomic E-state index is 12.7. The minimum Gasteiger partial charge on any atom is -0.383 e. The van der Waals surface area contributed by atoms with Gasteiger partial charge in [-0.2, -0.15) is 13.4 Å². The number of aromatic nitrogens is 4. The van der Waals surface area contributed by atoms with Crippen molar-refractivity contribution < 1.29 is 13.2 Å². The Morgan fingerprint density at radius 3 is 2.62 bits per heavy atom. The molecule has 2 aromatic heterocycles. The van der Waals surface area contributed by atoms with Gasteiger partial charge in [-0.05, 0) is 32.0 Å². The van der Waals surface area contributed by atoms with Crippen molar-refractivity contribution in [2.75, 3.05) is 30.3 Å². The first-order chi connectivity index (χ1) is 12.4. The lowest BCUT2D eigenvalue weighted by Crippen LogP contribution is -2.17. The van der Waals surface area contributed by atoms with E-state index >= 15 is 0 Å². The second-order valence-corrected chi connectivity index (χ2v) is 7.29. The van der Waals surface area contributed by atoms with Gasteiger partial charge in [0.1, 0.15) is 0 Å². The number of sulfonamides is 1. The molecule has 0 spiro atoms. The summed E-state index contributed by atoms with van der Waals surface area (Å²) >= 11 is 0. The normalized spacial score (nSPS) is 11.7. The molecule has 26 heavy (non-hydrogen) atoms. The molecule has 0 amide bonds. The molecule has 0 radical (unpaired) electrons. The van der Waals surface area contributed by atoms with E-state index in [0.29, 0.717) is 24.5 Å². The predicted octanol–water partition coefficient (Wildman–Crippen LogP) is 1.60. The van der Waals surface area contributed by atoms with Crippen LogP contribution in [0.2, 0.25) is 0 Å². The highest BCUT2D eigenvalue weighted by Crippen LogP contribution is 2.23. The Hall–Kier alpha value is -2.72. The Labute approximate surface area is 151 Å². The summed E-state index contributed by atoms with van der Waals surface area (Å²) < 4.78 is 34.4. The number of nitrogens with zero attached hydrogens (tertiary/aromatic N) is 4. The van der Waals surface area contributed by atoms with Crippen molar-refractivity contribution in [2.45, 2.75) is 19.0 Å². The molecule has 0 aliphatic heterocycles. The highest BCUT2D eigenvalue weighted by atomic mass is 32.2. The summed E-state index contributed by atoms with van der Waals surface area (Å²) in [5.41, 5.74) is 2.54. The summed E-state index contributed by atoms with van der Waals surface area (Å²) in [5.74, 6) is 0.245. The van der Waals surface area contributed by atoms with Crippen molar-refractivity contribution in [2.24, 2.45) is 0 Å². The van der Waals surface area contributed by atoms with Crippen molar-refractivity contribution in [3.05, 3.63) is 41.7 Å². The number of fused-ring (bicyclic) bond motifs is 1. The van der Waals surface area contributed by atoms with Crippen molar-refractivity contribution in [1.82, 2.24) is 19.6 Å². The van der Waals surface area contributed by atoms with E-state index < -0.39 is 10.0 Å². The highest BCUT2D eigenvalue weighted by molar-refractivity contribution is 7.92. The van der Waals surface area contributed by atoms with E-state index in [0.717, 1.165) is 11.4 Å². The number of hydrogen-bond acceptors (Lipinski definition) is 7. The fourth-order valence-electron chi connectivity index (χ4n) is 2.47. The van der Waals surface area contributed by atoms with E-state index in [-0.39, 0.29) is 10.9 Å². The fraction of sp³-hybridized carbons (Fsp3) is 0.312. The zero-order valence-electron chi connectivity index (χ0n) is 14.7. The first kappa shape index (κ1) is 18.1. The van der Waals surface area contributed by atoms with Crippen molar-refractivity contribution in [1.29, 1.82) is 0 Å². The first-order valence-electron chi connectivity index (χ1n) is 7.96. The zero-order valence-corrected chi connectivity index (χ0v) is 15.5. The van der Waals surface area contributed by atoms with Crippen LogP contribution in [0, 0.1) is 13.8 Å². The van der Waals surface area contributed by atoms with Gasteiger partial charge in [-0.25, -0.2) is 9.50 Å². The molecule has 10 heteroatoms. The number of anilines is 2. The summed E-state index contributed by atoms with van der Waals surface area (Å²) in [7, 11) is -2.36. The Kier molecular flexibility index (Phi) is 5.05. The molecule has 2 N–H and O–H groups in total. The van der Waals surface area contributed by atoms with Crippen LogP contribution in [0.15, 0.2) is 35.5 Å². The minimum absolute atomic E-state index is 0.245. The molecule has 1 aromatic carbocycles. The van der Waals surface area contributed by atoms with Gasteiger partial charge in [0.25, 0.3) is 21.0 Å². The number of ether oxygens (including phenoxy) is 1. The Balaban J connectivity index is 1.91. The van der Waals surface area contributed by atoms with Crippen molar-refractivity contribution >= 4 is 27.2 Å². The highest BCUT2D eigenvalue weighted by Gasteiger charge is 2.23. The SMILES string of the molecule is COCCNc1ccccc1NS(=O)(=O)c1nc2nc(C)cc(C)n2n1. The molecule has 0 fully saturated rings. The number of para-hydroxylation sites is 2. The van der Waals surface area contributed by atoms with Crippen LogP contribution in [-0.4, -0.2) is 48.3 Å². The summed E-state index contributed by atoms with van der Waals surface area (Å²) in [5, 5.41) is 6.87. The van der Waals surface area contributed by atoms with Gasteiger partial charge < -0.3 is 10.1 Å². The van der Waals surface area contributed by atoms with Crippen molar-refractivity contribution in [3.8, 4) is 0 Å². The molecule has 2 heterocycles. The van der Waals surface area contributed by atoms with E-state index in [1.807, 2.05) is 19.9 Å². The van der Waals surface area contributed by atoms with Crippen LogP contribution >= 0.6 is 0 Å². The molecule has 0 saturated carbocycles. The standard InChI is InChI=1S/C16H20N6O3S/c1-11-10-12(2)22-15(18-11)19-16(20-22)26(23,24)21-14-7-5-4-6-13(14)17-8-9-25-3/h4-7,10,17,21H,8-9H2,1-3H3. The second-order valence-electron chi connectivity index (χ2n) is 5.72. The monoisotopic (exact) mass is 376 g/mol. The Bertz CT molecular complexity index is 1030. The van der Waals surface area contributed by atoms with E-state index in [1.54, 1.807) is 31.4 Å². The van der Waals surface area contributed by atoms with Gasteiger partial charge in [-0.1, -0.05) is 12.1 Å². The largest absolute Gasteiger partial charge is 0.383 e. The molecule has 0 saturated heterocycles. The number of rotatable bonds is 7. The third-order valence-corrected chi connectivity index (χ3v) is 4.77. The minimum atomic E-state index is -3.96. The molecule has 0 bridgehead atoms. The maximum atomic E-state index is 12.7. The Morgan fingerprint density at radius 1 is 1.15 bits per heavy atom. The average Bonchev–Trinajstić information content (AvgIpc) is 3.02. The van der Waals surface area contributed by atoms with Gasteiger partial charge in [0.2, 0.25) is 0 Å². The fourth-order valence-corrected chi connectivity index (χ4v) is 3.42. The van der Waals surface area contributed by atoms with Crippen LogP contribution in [0.4, 0.5) is 11.4 Å². The molecule has 138 valence electrons. The molecular weight excluding hydrogens is 356 g/mol. The molecule has 0 aliphatic carbocycles. The lowest BCUT2D eigenvalue weighted by atomic mass is 10.3. The summed E-state index contributed by atoms with van der Waals surface area (Å²) in [4.78, 5) is 8.27. The van der Waals surface area contributed by atoms with Gasteiger partial charge in [0.15, 0.2) is 0 Å². The van der Waals surface area contributed by atoms with Crippen molar-refractivity contribution in [3.63, 3.8) is 0 Å². The smallest absolute Gasteiger partial charge is 0.299 e. The average molecular weight is 376 g/mol. The predicted molar refractivity (Wildman–Crippen MR) is 97.9 cm³/mol. The Morgan fingerprint density at radius 2 is 1.88 bits per heavy atom. The topological polar surface area (TPSA) is 111 Å². The number of benzene rings is 1. The van der Waals surface area contributed by atoms with E-state index in [9.17, 15) is 8.42 Å². The van der Waals surface area contributed by atoms with Crippen LogP contribution in [0.5, 0.6) is 0 Å². The molecule has 3 aromatic rings. The molecule has 3 rings (SSSR count). The third-order valence-electron chi connectivity index (χ3n) is 3.63. The third kappa shape index (κ3) is 3.75. The molecule has 0 unspecified atom stereocenters. The van der Waals surface area contributed by atoms with Gasteiger partial charge >= 0.3 is 0 Å². The van der Waals surface area contributed by atoms with E-state index in [4.69, 9.17) is 4.74 Å². The first-order valence-corrected chi connectivity index (χ1v) is 9.45. The van der Waals surface area contributed by atoms with Crippen LogP contribution in [0.3, 0.4) is 0 Å². The zero-order chi connectivity index (χ0) is 18.7. The number of methoxy groups -OCH3 is 1. The van der Waals surface area contributed by atoms with Crippen LogP contribution in [-0.2, 0) is 14.8 Å². The molecular formula is C16H20N6O3S. The second kappa shape index (κ2) is 7.26. The quantitative estimate of drug-likeness (QED) is 0.603. The lowest BCUT2D eigenvalue weighted by molar-refractivity contribution is 0.211. The molecule has 0 aliphatic rings. The van der Waals surface area contributed by atoms with Crippen LogP contribution in [0.1, 0.15) is 11.4 Å². The number of aryl methyl sites for hydroxylation is 2.